The highest BCUT2D eigenvalue weighted by Gasteiger charge is 2.35. The van der Waals surface area contributed by atoms with E-state index >= 15 is 0 Å². The molecule has 0 fully saturated rings. The summed E-state index contributed by atoms with van der Waals surface area (Å²) in [6, 6.07) is 2.59. The first-order valence-electron chi connectivity index (χ1n) is 6.52. The van der Waals surface area contributed by atoms with Crippen molar-refractivity contribution < 1.29 is 4.21 Å². The van der Waals surface area contributed by atoms with Crippen molar-refractivity contribution in [3.05, 3.63) is 18.0 Å². The van der Waals surface area contributed by atoms with Crippen molar-refractivity contribution in [2.75, 3.05) is 0 Å². The SMILES string of the molecule is CC(C)[C@H]1C[C@@H](N[S@@](=O)C(C)(C)C)c2ccnn21. The van der Waals surface area contributed by atoms with Gasteiger partial charge in [0.05, 0.1) is 33.5 Å². The number of nitrogens with one attached hydrogen (secondary N) is 1. The minimum absolute atomic E-state index is 0.153. The van der Waals surface area contributed by atoms with Gasteiger partial charge in [-0.25, -0.2) is 8.93 Å². The summed E-state index contributed by atoms with van der Waals surface area (Å²) in [7, 11) is -1.04. The molecular weight excluding hydrogens is 246 g/mol. The van der Waals surface area contributed by atoms with E-state index in [4.69, 9.17) is 0 Å². The quantitative estimate of drug-likeness (QED) is 0.916. The molecule has 0 spiro atoms. The zero-order valence-corrected chi connectivity index (χ0v) is 12.6. The summed E-state index contributed by atoms with van der Waals surface area (Å²) >= 11 is 0. The number of hydrogen-bond acceptors (Lipinski definition) is 2. The molecule has 2 heterocycles. The molecule has 0 bridgehead atoms. The van der Waals surface area contributed by atoms with Gasteiger partial charge in [0.25, 0.3) is 0 Å². The van der Waals surface area contributed by atoms with Crippen LogP contribution in [0.3, 0.4) is 0 Å². The minimum atomic E-state index is -1.04. The topological polar surface area (TPSA) is 46.9 Å². The van der Waals surface area contributed by atoms with Gasteiger partial charge < -0.3 is 0 Å². The van der Waals surface area contributed by atoms with Crippen molar-refractivity contribution in [1.82, 2.24) is 14.5 Å². The lowest BCUT2D eigenvalue weighted by Gasteiger charge is -2.21. The molecular formula is C13H23N3OS. The van der Waals surface area contributed by atoms with Gasteiger partial charge in [-0.05, 0) is 39.2 Å². The molecule has 4 nitrogen and oxygen atoms in total. The highest BCUT2D eigenvalue weighted by molar-refractivity contribution is 7.84. The molecule has 1 N–H and O–H groups in total. The van der Waals surface area contributed by atoms with Gasteiger partial charge in [-0.1, -0.05) is 13.8 Å². The monoisotopic (exact) mass is 269 g/mol. The number of rotatable bonds is 3. The van der Waals surface area contributed by atoms with Crippen LogP contribution in [0.15, 0.2) is 12.3 Å². The van der Waals surface area contributed by atoms with E-state index in [9.17, 15) is 4.21 Å². The van der Waals surface area contributed by atoms with Crippen LogP contribution in [-0.2, 0) is 11.0 Å². The van der Waals surface area contributed by atoms with Crippen molar-refractivity contribution in [3.8, 4) is 0 Å². The van der Waals surface area contributed by atoms with Gasteiger partial charge in [0.1, 0.15) is 0 Å². The summed E-state index contributed by atoms with van der Waals surface area (Å²) in [5.41, 5.74) is 1.16. The molecule has 2 rings (SSSR count). The van der Waals surface area contributed by atoms with Crippen LogP contribution in [0, 0.1) is 5.92 Å². The first kappa shape index (κ1) is 13.7. The summed E-state index contributed by atoms with van der Waals surface area (Å²) < 4.78 is 17.3. The minimum Gasteiger partial charge on any atom is -0.265 e. The predicted octanol–water partition coefficient (Wildman–Crippen LogP) is 2.58. The molecule has 0 saturated heterocycles. The van der Waals surface area contributed by atoms with Crippen molar-refractivity contribution in [1.29, 1.82) is 0 Å². The molecule has 0 aromatic carbocycles. The van der Waals surface area contributed by atoms with Crippen LogP contribution in [0.5, 0.6) is 0 Å². The highest BCUT2D eigenvalue weighted by Crippen LogP contribution is 2.38. The highest BCUT2D eigenvalue weighted by atomic mass is 32.2. The van der Waals surface area contributed by atoms with Crippen LogP contribution < -0.4 is 4.72 Å². The smallest absolute Gasteiger partial charge is 0.0976 e. The van der Waals surface area contributed by atoms with Crippen LogP contribution in [0.2, 0.25) is 0 Å². The normalized spacial score (nSPS) is 25.4. The summed E-state index contributed by atoms with van der Waals surface area (Å²) in [5.74, 6) is 0.540. The Balaban J connectivity index is 2.16. The van der Waals surface area contributed by atoms with Gasteiger partial charge in [0.15, 0.2) is 0 Å². The fourth-order valence-electron chi connectivity index (χ4n) is 2.31. The third-order valence-electron chi connectivity index (χ3n) is 3.42. The van der Waals surface area contributed by atoms with E-state index in [1.54, 1.807) is 0 Å². The first-order chi connectivity index (χ1) is 8.30. The average molecular weight is 269 g/mol. The van der Waals surface area contributed by atoms with Gasteiger partial charge in [-0.3, -0.25) is 4.68 Å². The Hall–Kier alpha value is -0.680. The van der Waals surface area contributed by atoms with E-state index in [-0.39, 0.29) is 10.8 Å². The molecule has 5 heteroatoms. The second kappa shape index (κ2) is 4.78. The van der Waals surface area contributed by atoms with E-state index in [1.807, 2.05) is 33.0 Å². The Bertz CT molecular complexity index is 447. The number of fused-ring (bicyclic) bond motifs is 1. The Morgan fingerprint density at radius 3 is 2.72 bits per heavy atom. The van der Waals surface area contributed by atoms with E-state index in [1.165, 1.54) is 0 Å². The predicted molar refractivity (Wildman–Crippen MR) is 74.5 cm³/mol. The molecule has 0 saturated carbocycles. The molecule has 102 valence electrons. The van der Waals surface area contributed by atoms with Crippen molar-refractivity contribution >= 4 is 11.0 Å². The number of nitrogens with zero attached hydrogens (tertiary/aromatic N) is 2. The van der Waals surface area contributed by atoms with Crippen LogP contribution in [0.4, 0.5) is 0 Å². The number of hydrogen-bond donors (Lipinski definition) is 1. The van der Waals surface area contributed by atoms with Gasteiger partial charge in [0.2, 0.25) is 0 Å². The summed E-state index contributed by atoms with van der Waals surface area (Å²) in [6.45, 7) is 10.4. The molecule has 0 unspecified atom stereocenters. The van der Waals surface area contributed by atoms with Crippen molar-refractivity contribution in [3.63, 3.8) is 0 Å². The van der Waals surface area contributed by atoms with E-state index < -0.39 is 11.0 Å². The Morgan fingerprint density at radius 1 is 1.50 bits per heavy atom. The molecule has 1 aliphatic heterocycles. The van der Waals surface area contributed by atoms with Crippen LogP contribution >= 0.6 is 0 Å². The second-order valence-electron chi connectivity index (χ2n) is 6.30. The first-order valence-corrected chi connectivity index (χ1v) is 7.67. The van der Waals surface area contributed by atoms with Gasteiger partial charge >= 0.3 is 0 Å². The molecule has 0 radical (unpaired) electrons. The van der Waals surface area contributed by atoms with Crippen LogP contribution in [-0.4, -0.2) is 18.7 Å². The standard InChI is InChI=1S/C13H23N3OS/c1-9(2)12-8-10(11-6-7-14-16(11)12)15-18(17)13(3,4)5/h6-7,9-10,12,15H,8H2,1-5H3/t10-,12-,18+/m1/s1. The van der Waals surface area contributed by atoms with E-state index in [2.05, 4.69) is 28.4 Å². The van der Waals surface area contributed by atoms with Crippen molar-refractivity contribution in [2.24, 2.45) is 5.92 Å². The Labute approximate surface area is 112 Å². The molecule has 0 amide bonds. The van der Waals surface area contributed by atoms with Crippen molar-refractivity contribution in [2.45, 2.75) is 57.9 Å². The van der Waals surface area contributed by atoms with Gasteiger partial charge in [0, 0.05) is 6.20 Å². The van der Waals surface area contributed by atoms with E-state index in [0.29, 0.717) is 12.0 Å². The lowest BCUT2D eigenvalue weighted by molar-refractivity contribution is 0.353. The Kier molecular flexibility index (Phi) is 3.65. The fourth-order valence-corrected chi connectivity index (χ4v) is 3.14. The fraction of sp³-hybridized carbons (Fsp3) is 0.769. The third kappa shape index (κ3) is 2.52. The summed E-state index contributed by atoms with van der Waals surface area (Å²) in [4.78, 5) is 0. The van der Waals surface area contributed by atoms with E-state index in [0.717, 1.165) is 12.1 Å². The largest absolute Gasteiger partial charge is 0.265 e. The molecule has 0 aliphatic carbocycles. The lowest BCUT2D eigenvalue weighted by atomic mass is 10.0. The zero-order valence-electron chi connectivity index (χ0n) is 11.8. The zero-order chi connectivity index (χ0) is 13.5. The third-order valence-corrected chi connectivity index (χ3v) is 5.04. The molecule has 3 atom stereocenters. The van der Waals surface area contributed by atoms with Crippen LogP contribution in [0.1, 0.15) is 58.8 Å². The molecule has 18 heavy (non-hydrogen) atoms. The van der Waals surface area contributed by atoms with Gasteiger partial charge in [-0.2, -0.15) is 5.10 Å². The Morgan fingerprint density at radius 2 is 2.17 bits per heavy atom. The van der Waals surface area contributed by atoms with Gasteiger partial charge in [-0.15, -0.1) is 0 Å². The maximum atomic E-state index is 12.2. The van der Waals surface area contributed by atoms with Crippen LogP contribution in [0.25, 0.3) is 0 Å². The summed E-state index contributed by atoms with van der Waals surface area (Å²) in [5, 5.41) is 4.40. The second-order valence-corrected chi connectivity index (χ2v) is 8.30. The molecule has 1 aliphatic rings. The molecule has 1 aromatic rings. The maximum absolute atomic E-state index is 12.2. The molecule has 1 aromatic heterocycles. The maximum Gasteiger partial charge on any atom is 0.0976 e. The average Bonchev–Trinajstić information content (AvgIpc) is 2.79. The number of aromatic nitrogens is 2. The summed E-state index contributed by atoms with van der Waals surface area (Å²) in [6.07, 6.45) is 2.81. The lowest BCUT2D eigenvalue weighted by Crippen LogP contribution is -2.35.